The molecular weight excluding hydrogens is 266 g/mol. The van der Waals surface area contributed by atoms with Gasteiger partial charge in [0, 0.05) is 11.1 Å². The lowest BCUT2D eigenvalue weighted by Crippen LogP contribution is -2.15. The molecule has 0 bridgehead atoms. The van der Waals surface area contributed by atoms with Gasteiger partial charge in [-0.3, -0.25) is 4.57 Å². The van der Waals surface area contributed by atoms with Crippen LogP contribution in [0.15, 0.2) is 65.1 Å². The molecule has 2 aromatic carbocycles. The summed E-state index contributed by atoms with van der Waals surface area (Å²) in [6, 6.07) is 18.6. The second kappa shape index (κ2) is 5.35. The zero-order valence-electron chi connectivity index (χ0n) is 11.2. The Morgan fingerprint density at radius 2 is 1.70 bits per heavy atom. The lowest BCUT2D eigenvalue weighted by atomic mass is 10.1. The summed E-state index contributed by atoms with van der Waals surface area (Å²) in [5, 5.41) is 5.98. The van der Waals surface area contributed by atoms with Crippen molar-refractivity contribution < 1.29 is 0 Å². The van der Waals surface area contributed by atoms with Gasteiger partial charge in [-0.2, -0.15) is 5.10 Å². The molecule has 0 aliphatic heterocycles. The van der Waals surface area contributed by atoms with Crippen molar-refractivity contribution in [2.75, 3.05) is 0 Å². The van der Waals surface area contributed by atoms with Crippen molar-refractivity contribution in [2.45, 2.75) is 6.92 Å². The van der Waals surface area contributed by atoms with Crippen molar-refractivity contribution in [2.24, 2.45) is 10.9 Å². The predicted octanol–water partition coefficient (Wildman–Crippen LogP) is 3.29. The van der Waals surface area contributed by atoms with E-state index in [0.717, 1.165) is 21.7 Å². The Bertz CT molecular complexity index is 767. The Labute approximate surface area is 121 Å². The van der Waals surface area contributed by atoms with Crippen LogP contribution in [0.4, 0.5) is 0 Å². The van der Waals surface area contributed by atoms with Crippen LogP contribution in [0.1, 0.15) is 5.56 Å². The van der Waals surface area contributed by atoms with Crippen molar-refractivity contribution in [1.82, 2.24) is 4.57 Å². The molecule has 0 fully saturated rings. The van der Waals surface area contributed by atoms with Crippen LogP contribution in [-0.2, 0) is 0 Å². The van der Waals surface area contributed by atoms with Gasteiger partial charge in [0.05, 0.1) is 5.69 Å². The number of nitrogens with zero attached hydrogens (tertiary/aromatic N) is 2. The number of aryl methyl sites for hydroxylation is 1. The average Bonchev–Trinajstić information content (AvgIpc) is 2.93. The van der Waals surface area contributed by atoms with Crippen LogP contribution in [0.5, 0.6) is 0 Å². The minimum absolute atomic E-state index is 0.785. The second-order valence-electron chi connectivity index (χ2n) is 4.57. The van der Waals surface area contributed by atoms with E-state index in [1.165, 1.54) is 5.56 Å². The van der Waals surface area contributed by atoms with Gasteiger partial charge in [0.2, 0.25) is 4.80 Å². The van der Waals surface area contributed by atoms with Gasteiger partial charge in [-0.25, -0.2) is 0 Å². The highest BCUT2D eigenvalue weighted by atomic mass is 32.1. The minimum atomic E-state index is 0.785. The van der Waals surface area contributed by atoms with Gasteiger partial charge < -0.3 is 5.84 Å². The number of hydrogen-bond acceptors (Lipinski definition) is 3. The normalized spacial score (nSPS) is 11.8. The first-order valence-corrected chi connectivity index (χ1v) is 7.24. The summed E-state index contributed by atoms with van der Waals surface area (Å²) in [7, 11) is 0. The van der Waals surface area contributed by atoms with Crippen molar-refractivity contribution in [3.63, 3.8) is 0 Å². The Morgan fingerprint density at radius 3 is 2.35 bits per heavy atom. The van der Waals surface area contributed by atoms with Gasteiger partial charge in [0.15, 0.2) is 0 Å². The van der Waals surface area contributed by atoms with E-state index in [1.807, 2.05) is 18.2 Å². The van der Waals surface area contributed by atoms with Gasteiger partial charge in [-0.1, -0.05) is 48.0 Å². The summed E-state index contributed by atoms with van der Waals surface area (Å²) in [6.07, 6.45) is 0. The topological polar surface area (TPSA) is 43.3 Å². The summed E-state index contributed by atoms with van der Waals surface area (Å²) >= 11 is 1.54. The third-order valence-corrected chi connectivity index (χ3v) is 4.02. The van der Waals surface area contributed by atoms with Crippen LogP contribution in [0, 0.1) is 6.92 Å². The van der Waals surface area contributed by atoms with E-state index in [4.69, 9.17) is 5.84 Å². The molecule has 2 N–H and O–H groups in total. The van der Waals surface area contributed by atoms with E-state index in [2.05, 4.69) is 58.4 Å². The van der Waals surface area contributed by atoms with Crippen molar-refractivity contribution >= 4 is 11.3 Å². The maximum atomic E-state index is 5.52. The first-order chi connectivity index (χ1) is 9.79. The fraction of sp³-hybridized carbons (Fsp3) is 0.0625. The molecule has 4 heteroatoms. The molecule has 0 saturated carbocycles. The van der Waals surface area contributed by atoms with E-state index >= 15 is 0 Å². The molecule has 20 heavy (non-hydrogen) atoms. The molecule has 0 saturated heterocycles. The van der Waals surface area contributed by atoms with Crippen LogP contribution < -0.4 is 10.6 Å². The molecule has 3 nitrogen and oxygen atoms in total. The highest BCUT2D eigenvalue weighted by Gasteiger charge is 2.09. The summed E-state index contributed by atoms with van der Waals surface area (Å²) in [5.74, 6) is 5.52. The number of nitrogens with two attached hydrogens (primary N) is 1. The molecular formula is C16H15N3S. The van der Waals surface area contributed by atoms with E-state index in [0.29, 0.717) is 0 Å². The van der Waals surface area contributed by atoms with Gasteiger partial charge in [0.25, 0.3) is 0 Å². The Kier molecular flexibility index (Phi) is 3.39. The molecule has 0 unspecified atom stereocenters. The Hall–Kier alpha value is -2.33. The number of thiazole rings is 1. The highest BCUT2D eigenvalue weighted by Crippen LogP contribution is 2.23. The first-order valence-electron chi connectivity index (χ1n) is 6.36. The highest BCUT2D eigenvalue weighted by molar-refractivity contribution is 7.07. The number of rotatable bonds is 2. The van der Waals surface area contributed by atoms with Crippen molar-refractivity contribution in [1.29, 1.82) is 0 Å². The smallest absolute Gasteiger partial charge is 0.212 e. The van der Waals surface area contributed by atoms with Crippen LogP contribution in [0.25, 0.3) is 16.9 Å². The largest absolute Gasteiger partial charge is 0.320 e. The summed E-state index contributed by atoms with van der Waals surface area (Å²) in [4.78, 5) is 0.785. The molecule has 1 aromatic heterocycles. The Balaban J connectivity index is 2.24. The van der Waals surface area contributed by atoms with Crippen LogP contribution in [0.2, 0.25) is 0 Å². The number of aromatic nitrogens is 1. The monoisotopic (exact) mass is 281 g/mol. The van der Waals surface area contributed by atoms with Crippen molar-refractivity contribution in [3.8, 4) is 16.9 Å². The lowest BCUT2D eigenvalue weighted by molar-refractivity contribution is 0.970. The molecule has 0 amide bonds. The fourth-order valence-corrected chi connectivity index (χ4v) is 2.98. The van der Waals surface area contributed by atoms with E-state index in [9.17, 15) is 0 Å². The zero-order valence-corrected chi connectivity index (χ0v) is 12.0. The third kappa shape index (κ3) is 2.26. The quantitative estimate of drug-likeness (QED) is 0.568. The zero-order chi connectivity index (χ0) is 13.9. The Morgan fingerprint density at radius 1 is 1.00 bits per heavy atom. The lowest BCUT2D eigenvalue weighted by Gasteiger charge is -2.09. The summed E-state index contributed by atoms with van der Waals surface area (Å²) < 4.78 is 2.08. The number of benzene rings is 2. The van der Waals surface area contributed by atoms with Gasteiger partial charge in [-0.15, -0.1) is 11.3 Å². The molecule has 0 atom stereocenters. The molecule has 0 radical (unpaired) electrons. The number of hydrogen-bond donors (Lipinski definition) is 1. The summed E-state index contributed by atoms with van der Waals surface area (Å²) in [6.45, 7) is 2.08. The van der Waals surface area contributed by atoms with Gasteiger partial charge >= 0.3 is 0 Å². The van der Waals surface area contributed by atoms with Gasteiger partial charge in [-0.05, 0) is 24.6 Å². The summed E-state index contributed by atoms with van der Waals surface area (Å²) in [5.41, 5.74) is 4.56. The average molecular weight is 281 g/mol. The van der Waals surface area contributed by atoms with Crippen LogP contribution in [-0.4, -0.2) is 4.57 Å². The maximum Gasteiger partial charge on any atom is 0.212 e. The molecule has 100 valence electrons. The standard InChI is InChI=1S/C16H15N3S/c1-12-7-9-14(10-8-12)19-15(11-20-16(19)18-17)13-5-3-2-4-6-13/h2-11H,17H2,1H3/b18-16-. The molecule has 3 aromatic rings. The molecule has 0 spiro atoms. The van der Waals surface area contributed by atoms with E-state index in [-0.39, 0.29) is 0 Å². The SMILES string of the molecule is Cc1ccc(-n2c(-c3ccccc3)cs/c2=N\N)cc1. The predicted molar refractivity (Wildman–Crippen MR) is 83.6 cm³/mol. The second-order valence-corrected chi connectivity index (χ2v) is 5.41. The minimum Gasteiger partial charge on any atom is -0.320 e. The fourth-order valence-electron chi connectivity index (χ4n) is 2.15. The first kappa shape index (κ1) is 12.7. The third-order valence-electron chi connectivity index (χ3n) is 3.18. The molecule has 0 aliphatic rings. The van der Waals surface area contributed by atoms with E-state index in [1.54, 1.807) is 11.3 Å². The van der Waals surface area contributed by atoms with Crippen LogP contribution in [0.3, 0.4) is 0 Å². The molecule has 3 rings (SSSR count). The molecule has 1 heterocycles. The van der Waals surface area contributed by atoms with Crippen LogP contribution >= 0.6 is 11.3 Å². The molecule has 0 aliphatic carbocycles. The van der Waals surface area contributed by atoms with E-state index < -0.39 is 0 Å². The van der Waals surface area contributed by atoms with Crippen molar-refractivity contribution in [3.05, 3.63) is 70.3 Å². The maximum absolute atomic E-state index is 5.52. The van der Waals surface area contributed by atoms with Gasteiger partial charge in [0.1, 0.15) is 0 Å².